The summed E-state index contributed by atoms with van der Waals surface area (Å²) in [7, 11) is 0. The first-order valence-electron chi connectivity index (χ1n) is 6.43. The lowest BCUT2D eigenvalue weighted by atomic mass is 10.00. The number of halogens is 1. The maximum absolute atomic E-state index is 6.28. The maximum Gasteiger partial charge on any atom is 0.142 e. The van der Waals surface area contributed by atoms with Crippen LogP contribution in [0.15, 0.2) is 12.1 Å². The highest BCUT2D eigenvalue weighted by Gasteiger charge is 2.28. The molecule has 0 saturated heterocycles. The van der Waals surface area contributed by atoms with E-state index in [0.29, 0.717) is 12.1 Å². The minimum absolute atomic E-state index is 0.414. The van der Waals surface area contributed by atoms with Crippen LogP contribution in [0, 0.1) is 6.92 Å². The number of benzene rings is 1. The summed E-state index contributed by atoms with van der Waals surface area (Å²) in [5, 5.41) is 4.46. The van der Waals surface area contributed by atoms with Gasteiger partial charge in [-0.25, -0.2) is 0 Å². The van der Waals surface area contributed by atoms with Crippen molar-refractivity contribution in [2.24, 2.45) is 0 Å². The molecule has 1 heterocycles. The largest absolute Gasteiger partial charge is 0.492 e. The fraction of sp³-hybridized carbons (Fsp3) is 0.571. The molecular weight excluding hydrogens is 234 g/mol. The van der Waals surface area contributed by atoms with Crippen LogP contribution in [-0.4, -0.2) is 12.6 Å². The molecule has 1 aliphatic heterocycles. The van der Waals surface area contributed by atoms with Gasteiger partial charge < -0.3 is 10.1 Å². The van der Waals surface area contributed by atoms with Gasteiger partial charge in [0.15, 0.2) is 0 Å². The third-order valence-corrected chi connectivity index (χ3v) is 3.77. The minimum atomic E-state index is 0.414. The molecule has 0 aromatic heterocycles. The summed E-state index contributed by atoms with van der Waals surface area (Å²) in [6.45, 7) is 2.86. The second-order valence-electron chi connectivity index (χ2n) is 5.15. The van der Waals surface area contributed by atoms with Crippen molar-refractivity contribution in [2.45, 2.75) is 44.7 Å². The molecular formula is C14H18ClNO. The van der Waals surface area contributed by atoms with Gasteiger partial charge in [-0.05, 0) is 44.2 Å². The number of aryl methyl sites for hydroxylation is 1. The molecule has 3 heteroatoms. The molecule has 1 aliphatic carbocycles. The SMILES string of the molecule is Cc1cc(Cl)c2c(c1)C(NC1CC1)CCCO2. The van der Waals surface area contributed by atoms with Crippen LogP contribution in [0.25, 0.3) is 0 Å². The normalized spacial score (nSPS) is 23.8. The highest BCUT2D eigenvalue weighted by Crippen LogP contribution is 2.39. The monoisotopic (exact) mass is 251 g/mol. The summed E-state index contributed by atoms with van der Waals surface area (Å²) in [4.78, 5) is 0. The Kier molecular flexibility index (Phi) is 3.01. The third-order valence-electron chi connectivity index (χ3n) is 3.49. The van der Waals surface area contributed by atoms with E-state index in [1.165, 1.54) is 24.0 Å². The molecule has 0 radical (unpaired) electrons. The van der Waals surface area contributed by atoms with Gasteiger partial charge in [-0.3, -0.25) is 0 Å². The predicted octanol–water partition coefficient (Wildman–Crippen LogP) is 3.61. The van der Waals surface area contributed by atoms with Gasteiger partial charge in [0.2, 0.25) is 0 Å². The van der Waals surface area contributed by atoms with Gasteiger partial charge in [0, 0.05) is 17.6 Å². The van der Waals surface area contributed by atoms with Gasteiger partial charge in [0.25, 0.3) is 0 Å². The zero-order chi connectivity index (χ0) is 11.8. The molecule has 17 heavy (non-hydrogen) atoms. The van der Waals surface area contributed by atoms with Crippen LogP contribution in [0.1, 0.15) is 42.9 Å². The maximum atomic E-state index is 6.28. The zero-order valence-corrected chi connectivity index (χ0v) is 10.9. The number of ether oxygens (including phenoxy) is 1. The lowest BCUT2D eigenvalue weighted by molar-refractivity contribution is 0.315. The predicted molar refractivity (Wildman–Crippen MR) is 69.8 cm³/mol. The van der Waals surface area contributed by atoms with Crippen molar-refractivity contribution >= 4 is 11.6 Å². The van der Waals surface area contributed by atoms with Crippen molar-refractivity contribution in [1.29, 1.82) is 0 Å². The summed E-state index contributed by atoms with van der Waals surface area (Å²) in [6, 6.07) is 5.33. The first kappa shape index (κ1) is 11.4. The molecule has 0 spiro atoms. The van der Waals surface area contributed by atoms with E-state index < -0.39 is 0 Å². The van der Waals surface area contributed by atoms with Crippen LogP contribution < -0.4 is 10.1 Å². The highest BCUT2D eigenvalue weighted by molar-refractivity contribution is 6.32. The average Bonchev–Trinajstić information content (AvgIpc) is 3.08. The van der Waals surface area contributed by atoms with E-state index in [1.807, 2.05) is 6.07 Å². The van der Waals surface area contributed by atoms with E-state index in [0.717, 1.165) is 30.2 Å². The molecule has 2 nitrogen and oxygen atoms in total. The Bertz CT molecular complexity index is 428. The number of fused-ring (bicyclic) bond motifs is 1. The van der Waals surface area contributed by atoms with Crippen molar-refractivity contribution in [3.63, 3.8) is 0 Å². The van der Waals surface area contributed by atoms with Crippen molar-refractivity contribution in [1.82, 2.24) is 5.32 Å². The summed E-state index contributed by atoms with van der Waals surface area (Å²) < 4.78 is 5.79. The van der Waals surface area contributed by atoms with Crippen LogP contribution in [0.2, 0.25) is 5.02 Å². The fourth-order valence-corrected chi connectivity index (χ4v) is 2.83. The third kappa shape index (κ3) is 2.43. The van der Waals surface area contributed by atoms with E-state index >= 15 is 0 Å². The second kappa shape index (κ2) is 4.51. The van der Waals surface area contributed by atoms with Crippen LogP contribution in [0.3, 0.4) is 0 Å². The molecule has 0 amide bonds. The Hall–Kier alpha value is -0.730. The van der Waals surface area contributed by atoms with Crippen molar-refractivity contribution in [3.05, 3.63) is 28.3 Å². The Morgan fingerprint density at radius 2 is 2.12 bits per heavy atom. The van der Waals surface area contributed by atoms with E-state index in [2.05, 4.69) is 18.3 Å². The quantitative estimate of drug-likeness (QED) is 0.867. The van der Waals surface area contributed by atoms with Crippen LogP contribution in [-0.2, 0) is 0 Å². The summed E-state index contributed by atoms with van der Waals surface area (Å²) >= 11 is 6.28. The highest BCUT2D eigenvalue weighted by atomic mass is 35.5. The first-order valence-corrected chi connectivity index (χ1v) is 6.81. The molecule has 1 saturated carbocycles. The molecule has 1 unspecified atom stereocenters. The molecule has 92 valence electrons. The standard InChI is InChI=1S/C14H18ClNO/c1-9-7-11-13(16-10-4-5-10)3-2-6-17-14(11)12(15)8-9/h7-8,10,13,16H,2-6H2,1H3. The van der Waals surface area contributed by atoms with Crippen LogP contribution in [0.4, 0.5) is 0 Å². The van der Waals surface area contributed by atoms with Gasteiger partial charge in [-0.1, -0.05) is 17.7 Å². The van der Waals surface area contributed by atoms with Crippen LogP contribution >= 0.6 is 11.6 Å². The van der Waals surface area contributed by atoms with Gasteiger partial charge in [0.05, 0.1) is 11.6 Å². The van der Waals surface area contributed by atoms with Crippen LogP contribution in [0.5, 0.6) is 5.75 Å². The Morgan fingerprint density at radius 1 is 1.29 bits per heavy atom. The summed E-state index contributed by atoms with van der Waals surface area (Å²) in [5.74, 6) is 0.896. The minimum Gasteiger partial charge on any atom is -0.492 e. The van der Waals surface area contributed by atoms with Gasteiger partial charge in [-0.15, -0.1) is 0 Å². The molecule has 3 rings (SSSR count). The number of rotatable bonds is 2. The second-order valence-corrected chi connectivity index (χ2v) is 5.56. The number of hydrogen-bond acceptors (Lipinski definition) is 2. The molecule has 1 atom stereocenters. The topological polar surface area (TPSA) is 21.3 Å². The van der Waals surface area contributed by atoms with E-state index in [-0.39, 0.29) is 0 Å². The Labute approximate surface area is 107 Å². The van der Waals surface area contributed by atoms with Crippen molar-refractivity contribution in [3.8, 4) is 5.75 Å². The first-order chi connectivity index (χ1) is 8.24. The van der Waals surface area contributed by atoms with E-state index in [4.69, 9.17) is 16.3 Å². The lowest BCUT2D eigenvalue weighted by Gasteiger charge is -2.19. The van der Waals surface area contributed by atoms with E-state index in [1.54, 1.807) is 0 Å². The van der Waals surface area contributed by atoms with Gasteiger partial charge >= 0.3 is 0 Å². The lowest BCUT2D eigenvalue weighted by Crippen LogP contribution is -2.23. The molecule has 0 bridgehead atoms. The number of nitrogens with one attached hydrogen (secondary N) is 1. The zero-order valence-electron chi connectivity index (χ0n) is 10.1. The number of hydrogen-bond donors (Lipinski definition) is 1. The van der Waals surface area contributed by atoms with Gasteiger partial charge in [-0.2, -0.15) is 0 Å². The van der Waals surface area contributed by atoms with Crippen molar-refractivity contribution < 1.29 is 4.74 Å². The summed E-state index contributed by atoms with van der Waals surface area (Å²) in [5.41, 5.74) is 2.46. The van der Waals surface area contributed by atoms with E-state index in [9.17, 15) is 0 Å². The molecule has 1 aromatic rings. The molecule has 2 aliphatic rings. The Balaban J connectivity index is 1.97. The Morgan fingerprint density at radius 3 is 2.88 bits per heavy atom. The smallest absolute Gasteiger partial charge is 0.142 e. The van der Waals surface area contributed by atoms with Gasteiger partial charge in [0.1, 0.15) is 5.75 Å². The molecule has 1 fully saturated rings. The molecule has 1 N–H and O–H groups in total. The molecule has 1 aromatic carbocycles. The summed E-state index contributed by atoms with van der Waals surface area (Å²) in [6.07, 6.45) is 4.86. The average molecular weight is 252 g/mol. The fourth-order valence-electron chi connectivity index (χ4n) is 2.49. The van der Waals surface area contributed by atoms with Crippen molar-refractivity contribution in [2.75, 3.05) is 6.61 Å².